The molecule has 3 saturated carbocycles. The largest absolute Gasteiger partial charge is 0.463 e. The number of rotatable bonds is 2. The summed E-state index contributed by atoms with van der Waals surface area (Å²) >= 11 is 0. The molecule has 144 valence electrons. The zero-order valence-corrected chi connectivity index (χ0v) is 17.1. The Hall–Kier alpha value is -1.05. The molecule has 0 aromatic rings. The molecule has 4 unspecified atom stereocenters. The Morgan fingerprint density at radius 2 is 1.88 bits per heavy atom. The summed E-state index contributed by atoms with van der Waals surface area (Å²) in [6.07, 6.45) is 12.7. The number of fused-ring (bicyclic) bond motifs is 5. The van der Waals surface area contributed by atoms with Crippen molar-refractivity contribution in [3.8, 4) is 0 Å². The summed E-state index contributed by atoms with van der Waals surface area (Å²) in [7, 11) is 0. The van der Waals surface area contributed by atoms with Gasteiger partial charge in [0.05, 0.1) is 0 Å². The maximum atomic E-state index is 11.4. The zero-order chi connectivity index (χ0) is 18.7. The summed E-state index contributed by atoms with van der Waals surface area (Å²) < 4.78 is 5.59. The second kappa shape index (κ2) is 6.24. The Kier molecular flexibility index (Phi) is 4.40. The summed E-state index contributed by atoms with van der Waals surface area (Å²) in [6.45, 7) is 13.1. The van der Waals surface area contributed by atoms with Crippen LogP contribution in [0.25, 0.3) is 0 Å². The highest BCUT2D eigenvalue weighted by Gasteiger charge is 2.58. The molecule has 2 nitrogen and oxygen atoms in total. The SMILES string of the molecule is C=C(C)C1=CCC2C3CC[C@H]4CC(OC(C)=O)CC[C@]4(C)C3CC[C@]12C. The summed E-state index contributed by atoms with van der Waals surface area (Å²) in [5, 5.41) is 0. The molecule has 0 N–H and O–H groups in total. The Morgan fingerprint density at radius 3 is 2.58 bits per heavy atom. The fraction of sp³-hybridized carbons (Fsp3) is 0.792. The lowest BCUT2D eigenvalue weighted by Gasteiger charge is -2.61. The van der Waals surface area contributed by atoms with Gasteiger partial charge in [-0.15, -0.1) is 0 Å². The van der Waals surface area contributed by atoms with Gasteiger partial charge in [0.25, 0.3) is 0 Å². The minimum absolute atomic E-state index is 0.106. The van der Waals surface area contributed by atoms with Gasteiger partial charge in [-0.25, -0.2) is 0 Å². The Labute approximate surface area is 159 Å². The molecule has 26 heavy (non-hydrogen) atoms. The molecule has 4 rings (SSSR count). The molecule has 0 amide bonds. The molecular formula is C24H36O2. The summed E-state index contributed by atoms with van der Waals surface area (Å²) in [6, 6.07) is 0. The lowest BCUT2D eigenvalue weighted by molar-refractivity contribution is -0.158. The van der Waals surface area contributed by atoms with Crippen LogP contribution < -0.4 is 0 Å². The van der Waals surface area contributed by atoms with Crippen molar-refractivity contribution in [2.75, 3.05) is 0 Å². The number of esters is 1. The van der Waals surface area contributed by atoms with Gasteiger partial charge < -0.3 is 4.74 Å². The molecule has 3 fully saturated rings. The third kappa shape index (κ3) is 2.62. The molecule has 0 bridgehead atoms. The second-order valence-electron chi connectivity index (χ2n) is 10.3. The summed E-state index contributed by atoms with van der Waals surface area (Å²) in [5.74, 6) is 3.17. The Morgan fingerprint density at radius 1 is 1.12 bits per heavy atom. The lowest BCUT2D eigenvalue weighted by Crippen LogP contribution is -2.53. The van der Waals surface area contributed by atoms with E-state index in [-0.39, 0.29) is 12.1 Å². The van der Waals surface area contributed by atoms with Gasteiger partial charge >= 0.3 is 5.97 Å². The van der Waals surface area contributed by atoms with Crippen molar-refractivity contribution in [3.05, 3.63) is 23.8 Å². The van der Waals surface area contributed by atoms with E-state index in [1.54, 1.807) is 12.5 Å². The van der Waals surface area contributed by atoms with E-state index in [1.165, 1.54) is 44.1 Å². The number of carbonyl (C=O) groups excluding carboxylic acids is 1. The van der Waals surface area contributed by atoms with Crippen molar-refractivity contribution in [2.45, 2.75) is 85.2 Å². The Bertz CT molecular complexity index is 647. The third-order valence-electron chi connectivity index (χ3n) is 8.99. The predicted octanol–water partition coefficient (Wildman–Crippen LogP) is 6.07. The highest BCUT2D eigenvalue weighted by Crippen LogP contribution is 2.66. The number of hydrogen-bond acceptors (Lipinski definition) is 2. The first-order valence-electron chi connectivity index (χ1n) is 10.8. The van der Waals surface area contributed by atoms with Gasteiger partial charge in [-0.2, -0.15) is 0 Å². The smallest absolute Gasteiger partial charge is 0.302 e. The number of carbonyl (C=O) groups is 1. The molecule has 2 heteroatoms. The quantitative estimate of drug-likeness (QED) is 0.561. The molecular weight excluding hydrogens is 320 g/mol. The van der Waals surface area contributed by atoms with Gasteiger partial charge in [0.2, 0.25) is 0 Å². The fourth-order valence-corrected chi connectivity index (χ4v) is 7.79. The molecule has 0 heterocycles. The molecule has 0 aromatic carbocycles. The van der Waals surface area contributed by atoms with Crippen LogP contribution in [-0.2, 0) is 9.53 Å². The summed E-state index contributed by atoms with van der Waals surface area (Å²) in [4.78, 5) is 11.4. The van der Waals surface area contributed by atoms with E-state index in [0.717, 1.165) is 36.5 Å². The van der Waals surface area contributed by atoms with Crippen molar-refractivity contribution in [1.82, 2.24) is 0 Å². The van der Waals surface area contributed by atoms with E-state index in [1.807, 2.05) is 0 Å². The van der Waals surface area contributed by atoms with Gasteiger partial charge in [0, 0.05) is 6.92 Å². The molecule has 0 spiro atoms. The van der Waals surface area contributed by atoms with E-state index >= 15 is 0 Å². The molecule has 7 atom stereocenters. The van der Waals surface area contributed by atoms with Crippen LogP contribution in [0.3, 0.4) is 0 Å². The van der Waals surface area contributed by atoms with Crippen LogP contribution in [-0.4, -0.2) is 12.1 Å². The zero-order valence-electron chi connectivity index (χ0n) is 17.1. The minimum atomic E-state index is -0.106. The van der Waals surface area contributed by atoms with Gasteiger partial charge in [-0.1, -0.05) is 32.1 Å². The maximum absolute atomic E-state index is 11.4. The van der Waals surface area contributed by atoms with Crippen molar-refractivity contribution in [1.29, 1.82) is 0 Å². The second-order valence-corrected chi connectivity index (χ2v) is 10.3. The minimum Gasteiger partial charge on any atom is -0.463 e. The first kappa shape index (κ1) is 18.3. The van der Waals surface area contributed by atoms with Crippen LogP contribution in [0.4, 0.5) is 0 Å². The monoisotopic (exact) mass is 356 g/mol. The van der Waals surface area contributed by atoms with E-state index in [0.29, 0.717) is 10.8 Å². The number of allylic oxidation sites excluding steroid dienone is 3. The highest BCUT2D eigenvalue weighted by atomic mass is 16.5. The highest BCUT2D eigenvalue weighted by molar-refractivity contribution is 5.66. The fourth-order valence-electron chi connectivity index (χ4n) is 7.79. The van der Waals surface area contributed by atoms with Crippen LogP contribution in [0.15, 0.2) is 23.8 Å². The van der Waals surface area contributed by atoms with Crippen molar-refractivity contribution in [2.24, 2.45) is 34.5 Å². The van der Waals surface area contributed by atoms with E-state index in [2.05, 4.69) is 33.4 Å². The summed E-state index contributed by atoms with van der Waals surface area (Å²) in [5.41, 5.74) is 3.67. The van der Waals surface area contributed by atoms with E-state index < -0.39 is 0 Å². The first-order chi connectivity index (χ1) is 12.3. The van der Waals surface area contributed by atoms with Crippen molar-refractivity contribution >= 4 is 5.97 Å². The molecule has 0 radical (unpaired) electrons. The maximum Gasteiger partial charge on any atom is 0.302 e. The van der Waals surface area contributed by atoms with E-state index in [9.17, 15) is 4.79 Å². The molecule has 4 aliphatic carbocycles. The normalized spacial score (nSPS) is 47.2. The predicted molar refractivity (Wildman–Crippen MR) is 106 cm³/mol. The van der Waals surface area contributed by atoms with Crippen LogP contribution in [0.5, 0.6) is 0 Å². The topological polar surface area (TPSA) is 26.3 Å². The van der Waals surface area contributed by atoms with Crippen molar-refractivity contribution in [3.63, 3.8) is 0 Å². The van der Waals surface area contributed by atoms with Gasteiger partial charge in [0.1, 0.15) is 6.10 Å². The van der Waals surface area contributed by atoms with Crippen LogP contribution in [0.2, 0.25) is 0 Å². The molecule has 4 aliphatic rings. The average Bonchev–Trinajstić information content (AvgIpc) is 2.92. The molecule has 0 aromatic heterocycles. The number of hydrogen-bond donors (Lipinski definition) is 0. The first-order valence-corrected chi connectivity index (χ1v) is 10.8. The van der Waals surface area contributed by atoms with Gasteiger partial charge in [0.15, 0.2) is 0 Å². The standard InChI is InChI=1S/C24H36O2/c1-15(2)20-8-9-21-19-7-6-17-14-18(26-16(3)25)10-12-23(17,4)22(19)11-13-24(20,21)5/h8,17-19,21-22H,1,6-7,9-14H2,2-5H3/t17-,18?,19?,21?,22?,23-,24+/m0/s1. The number of ether oxygens (including phenoxy) is 1. The van der Waals surface area contributed by atoms with Crippen LogP contribution in [0, 0.1) is 34.5 Å². The lowest BCUT2D eigenvalue weighted by atomic mass is 9.44. The van der Waals surface area contributed by atoms with E-state index in [4.69, 9.17) is 4.74 Å². The van der Waals surface area contributed by atoms with Crippen molar-refractivity contribution < 1.29 is 9.53 Å². The molecule has 0 aliphatic heterocycles. The molecule has 0 saturated heterocycles. The average molecular weight is 357 g/mol. The van der Waals surface area contributed by atoms with Gasteiger partial charge in [-0.3, -0.25) is 4.79 Å². The third-order valence-corrected chi connectivity index (χ3v) is 8.99. The van der Waals surface area contributed by atoms with Gasteiger partial charge in [-0.05, 0) is 98.4 Å². The van der Waals surface area contributed by atoms with Crippen LogP contribution in [0.1, 0.15) is 79.1 Å². The van der Waals surface area contributed by atoms with Crippen LogP contribution >= 0.6 is 0 Å². The Balaban J connectivity index is 1.54.